The predicted molar refractivity (Wildman–Crippen MR) is 176 cm³/mol. The Morgan fingerprint density at radius 3 is 2.13 bits per heavy atom. The number of ether oxygens (including phenoxy) is 7. The summed E-state index contributed by atoms with van der Waals surface area (Å²) in [7, 11) is 1.65. The number of hydrogen-bond donors (Lipinski definition) is 0. The lowest BCUT2D eigenvalue weighted by atomic mass is 10.0. The maximum atomic E-state index is 12.6. The Morgan fingerprint density at radius 2 is 1.46 bits per heavy atom. The molecule has 3 atom stereocenters. The molecule has 1 heterocycles. The van der Waals surface area contributed by atoms with Crippen molar-refractivity contribution >= 4 is 5.78 Å². The molecular weight excluding hydrogens is 584 g/mol. The summed E-state index contributed by atoms with van der Waals surface area (Å²) in [6, 6.07) is 27.9. The molecule has 1 aliphatic rings. The molecule has 248 valence electrons. The maximum absolute atomic E-state index is 12.6. The van der Waals surface area contributed by atoms with Gasteiger partial charge in [-0.15, -0.1) is 0 Å². The minimum atomic E-state index is -0.581. The van der Waals surface area contributed by atoms with Crippen LogP contribution in [0.2, 0.25) is 0 Å². The molecule has 0 spiro atoms. The second kappa shape index (κ2) is 20.6. The molecule has 0 radical (unpaired) electrons. The van der Waals surface area contributed by atoms with Crippen LogP contribution < -0.4 is 4.74 Å². The number of carbonyl (C=O) groups is 1. The Morgan fingerprint density at radius 1 is 0.783 bits per heavy atom. The normalized spacial score (nSPS) is 16.0. The molecule has 0 saturated carbocycles. The second-order valence-electron chi connectivity index (χ2n) is 11.3. The van der Waals surface area contributed by atoms with Crippen LogP contribution in [0.5, 0.6) is 5.75 Å². The van der Waals surface area contributed by atoms with E-state index in [-0.39, 0.29) is 31.2 Å². The molecule has 1 aliphatic heterocycles. The highest BCUT2D eigenvalue weighted by Crippen LogP contribution is 2.25. The van der Waals surface area contributed by atoms with Gasteiger partial charge in [0.15, 0.2) is 5.78 Å². The van der Waals surface area contributed by atoms with Crippen LogP contribution in [0.3, 0.4) is 0 Å². The summed E-state index contributed by atoms with van der Waals surface area (Å²) in [6.07, 6.45) is 4.21. The van der Waals surface area contributed by atoms with Crippen molar-refractivity contribution in [3.63, 3.8) is 0 Å². The standard InChI is InChI=1S/C38H48O8/c1-3-4-20-43-38-23-33(39)22-37(46-38)25-36(45-29-42-27-31-13-9-6-10-14-31)24-35(19-21-41-26-30-11-7-5-8-12-30)44-28-32-15-17-34(40-2)18-16-32/h5-18,22,35-36,38H,3-4,19-21,23-29H2,1-2H3/t35-,36-,38?/m0/s1. The molecule has 46 heavy (non-hydrogen) atoms. The Balaban J connectivity index is 1.41. The SMILES string of the molecule is CCCCOC1CC(=O)C=C(C[C@H](C[C@H](CCOCc2ccccc2)OCc2ccc(OC)cc2)OCOCc2ccccc2)O1. The molecule has 8 heteroatoms. The highest BCUT2D eigenvalue weighted by atomic mass is 16.7. The number of benzene rings is 3. The van der Waals surface area contributed by atoms with Crippen LogP contribution in [0.1, 0.15) is 62.1 Å². The fourth-order valence-electron chi connectivity index (χ4n) is 5.00. The van der Waals surface area contributed by atoms with Crippen molar-refractivity contribution in [3.8, 4) is 5.75 Å². The molecule has 3 aromatic carbocycles. The van der Waals surface area contributed by atoms with Gasteiger partial charge in [-0.3, -0.25) is 4.79 Å². The molecule has 3 aromatic rings. The number of carbonyl (C=O) groups excluding carboxylic acids is 1. The van der Waals surface area contributed by atoms with Gasteiger partial charge in [-0.1, -0.05) is 86.1 Å². The van der Waals surface area contributed by atoms with E-state index in [0.29, 0.717) is 58.1 Å². The number of methoxy groups -OCH3 is 1. The second-order valence-corrected chi connectivity index (χ2v) is 11.3. The van der Waals surface area contributed by atoms with E-state index in [1.807, 2.05) is 72.8 Å². The predicted octanol–water partition coefficient (Wildman–Crippen LogP) is 7.54. The molecular formula is C38H48O8. The molecule has 0 N–H and O–H groups in total. The maximum Gasteiger partial charge on any atom is 0.206 e. The van der Waals surface area contributed by atoms with Gasteiger partial charge < -0.3 is 33.2 Å². The summed E-state index contributed by atoms with van der Waals surface area (Å²) in [5, 5.41) is 0. The average molecular weight is 633 g/mol. The van der Waals surface area contributed by atoms with Gasteiger partial charge in [0.1, 0.15) is 18.3 Å². The van der Waals surface area contributed by atoms with Crippen molar-refractivity contribution in [3.05, 3.63) is 113 Å². The smallest absolute Gasteiger partial charge is 0.206 e. The molecule has 0 saturated heterocycles. The minimum absolute atomic E-state index is 0.0107. The van der Waals surface area contributed by atoms with E-state index in [1.165, 1.54) is 0 Å². The molecule has 0 aromatic heterocycles. The summed E-state index contributed by atoms with van der Waals surface area (Å²) in [5.74, 6) is 1.34. The zero-order valence-electron chi connectivity index (χ0n) is 27.1. The van der Waals surface area contributed by atoms with Gasteiger partial charge in [0.25, 0.3) is 0 Å². The van der Waals surface area contributed by atoms with Crippen molar-refractivity contribution in [2.45, 2.75) is 83.8 Å². The lowest BCUT2D eigenvalue weighted by Crippen LogP contribution is -2.30. The van der Waals surface area contributed by atoms with Crippen molar-refractivity contribution in [1.29, 1.82) is 0 Å². The number of rotatable bonds is 22. The van der Waals surface area contributed by atoms with Gasteiger partial charge in [-0.25, -0.2) is 0 Å². The largest absolute Gasteiger partial charge is 0.497 e. The summed E-state index contributed by atoms with van der Waals surface area (Å²) >= 11 is 0. The topological polar surface area (TPSA) is 81.7 Å². The van der Waals surface area contributed by atoms with E-state index in [1.54, 1.807) is 13.2 Å². The van der Waals surface area contributed by atoms with Gasteiger partial charge in [0.05, 0.1) is 52.2 Å². The highest BCUT2D eigenvalue weighted by Gasteiger charge is 2.26. The number of ketones is 1. The zero-order chi connectivity index (χ0) is 32.2. The third kappa shape index (κ3) is 13.4. The first-order valence-corrected chi connectivity index (χ1v) is 16.2. The Hall–Kier alpha value is -3.53. The van der Waals surface area contributed by atoms with E-state index in [9.17, 15) is 4.79 Å². The molecule has 0 fully saturated rings. The lowest BCUT2D eigenvalue weighted by Gasteiger charge is -2.28. The lowest BCUT2D eigenvalue weighted by molar-refractivity contribution is -0.152. The van der Waals surface area contributed by atoms with Crippen LogP contribution in [0, 0.1) is 0 Å². The van der Waals surface area contributed by atoms with Gasteiger partial charge in [-0.05, 0) is 41.7 Å². The quantitative estimate of drug-likeness (QED) is 0.0830. The fraction of sp³-hybridized carbons (Fsp3) is 0.447. The summed E-state index contributed by atoms with van der Waals surface area (Å²) in [4.78, 5) is 12.6. The number of hydrogen-bond acceptors (Lipinski definition) is 8. The molecule has 4 rings (SSSR count). The first-order valence-electron chi connectivity index (χ1n) is 16.2. The molecule has 1 unspecified atom stereocenters. The average Bonchev–Trinajstić information content (AvgIpc) is 3.08. The number of allylic oxidation sites excluding steroid dienone is 1. The van der Waals surface area contributed by atoms with Crippen LogP contribution in [0.15, 0.2) is 96.8 Å². The van der Waals surface area contributed by atoms with Gasteiger partial charge in [0.2, 0.25) is 6.29 Å². The highest BCUT2D eigenvalue weighted by molar-refractivity contribution is 5.90. The monoisotopic (exact) mass is 632 g/mol. The molecule has 8 nitrogen and oxygen atoms in total. The molecule has 0 amide bonds. The molecule has 0 bridgehead atoms. The minimum Gasteiger partial charge on any atom is -0.497 e. The third-order valence-corrected chi connectivity index (χ3v) is 7.57. The van der Waals surface area contributed by atoms with Crippen molar-refractivity contribution in [1.82, 2.24) is 0 Å². The van der Waals surface area contributed by atoms with E-state index in [0.717, 1.165) is 35.3 Å². The zero-order valence-corrected chi connectivity index (χ0v) is 27.1. The van der Waals surface area contributed by atoms with Crippen LogP contribution in [0.25, 0.3) is 0 Å². The van der Waals surface area contributed by atoms with Crippen LogP contribution in [-0.2, 0) is 53.0 Å². The summed E-state index contributed by atoms with van der Waals surface area (Å²) in [5.41, 5.74) is 3.22. The summed E-state index contributed by atoms with van der Waals surface area (Å²) < 4.78 is 41.9. The van der Waals surface area contributed by atoms with Crippen LogP contribution in [0.4, 0.5) is 0 Å². The van der Waals surface area contributed by atoms with E-state index in [4.69, 9.17) is 33.2 Å². The fourth-order valence-corrected chi connectivity index (χ4v) is 5.00. The van der Waals surface area contributed by atoms with Crippen LogP contribution in [-0.4, -0.2) is 51.4 Å². The van der Waals surface area contributed by atoms with E-state index < -0.39 is 6.29 Å². The van der Waals surface area contributed by atoms with Crippen molar-refractivity contribution in [2.24, 2.45) is 0 Å². The Bertz CT molecular complexity index is 1280. The third-order valence-electron chi connectivity index (χ3n) is 7.57. The van der Waals surface area contributed by atoms with Crippen molar-refractivity contribution in [2.75, 3.05) is 27.1 Å². The van der Waals surface area contributed by atoms with Crippen LogP contribution >= 0.6 is 0 Å². The Kier molecular flexibility index (Phi) is 15.8. The van der Waals surface area contributed by atoms with Gasteiger partial charge in [0, 0.05) is 25.5 Å². The van der Waals surface area contributed by atoms with E-state index in [2.05, 4.69) is 19.1 Å². The Labute approximate surface area is 273 Å². The van der Waals surface area contributed by atoms with Gasteiger partial charge >= 0.3 is 0 Å². The van der Waals surface area contributed by atoms with E-state index >= 15 is 0 Å². The molecule has 0 aliphatic carbocycles. The number of unbranched alkanes of at least 4 members (excludes halogenated alkanes) is 1. The van der Waals surface area contributed by atoms with Gasteiger partial charge in [-0.2, -0.15) is 0 Å². The first kappa shape index (κ1) is 35.3. The first-order chi connectivity index (χ1) is 22.6. The van der Waals surface area contributed by atoms with Crippen molar-refractivity contribution < 1.29 is 38.0 Å². The summed E-state index contributed by atoms with van der Waals surface area (Å²) in [6.45, 7) is 4.65.